The summed E-state index contributed by atoms with van der Waals surface area (Å²) in [5, 5.41) is 0. The van der Waals surface area contributed by atoms with E-state index < -0.39 is 0 Å². The van der Waals surface area contributed by atoms with Crippen molar-refractivity contribution in [2.45, 2.75) is 20.0 Å². The fraction of sp³-hybridized carbons (Fsp3) is 0.583. The quantitative estimate of drug-likeness (QED) is 0.618. The summed E-state index contributed by atoms with van der Waals surface area (Å²) in [6.45, 7) is 12.2. The molecule has 0 spiro atoms. The molecule has 0 radical (unpaired) electrons. The Morgan fingerprint density at radius 1 is 1.06 bits per heavy atom. The van der Waals surface area contributed by atoms with Crippen molar-refractivity contribution < 1.29 is 13.9 Å². The zero-order valence-corrected chi connectivity index (χ0v) is 19.3. The van der Waals surface area contributed by atoms with Gasteiger partial charge in [-0.2, -0.15) is 0 Å². The highest BCUT2D eigenvalue weighted by molar-refractivity contribution is 5.92. The van der Waals surface area contributed by atoms with Crippen molar-refractivity contribution in [3.8, 4) is 0 Å². The van der Waals surface area contributed by atoms with Gasteiger partial charge in [-0.05, 0) is 25.1 Å². The Labute approximate surface area is 190 Å². The molecule has 2 saturated heterocycles. The molecule has 0 bridgehead atoms. The second-order valence-corrected chi connectivity index (χ2v) is 8.81. The number of nitrogens with zero attached hydrogens (tertiary/aromatic N) is 5. The average Bonchev–Trinajstić information content (AvgIpc) is 3.28. The predicted octanol–water partition coefficient (Wildman–Crippen LogP) is 1.71. The van der Waals surface area contributed by atoms with E-state index in [1.807, 2.05) is 4.90 Å². The van der Waals surface area contributed by atoms with E-state index in [0.717, 1.165) is 72.1 Å². The molecule has 2 fully saturated rings. The number of hydrogen-bond acceptors (Lipinski definition) is 7. The first-order valence-electron chi connectivity index (χ1n) is 11.6. The van der Waals surface area contributed by atoms with Gasteiger partial charge in [0.2, 0.25) is 5.89 Å². The number of carbonyl (C=O) groups excluding carboxylic acids is 1. The second-order valence-electron chi connectivity index (χ2n) is 8.81. The number of aryl methyl sites for hydroxylation is 1. The highest BCUT2D eigenvalue weighted by Gasteiger charge is 2.24. The Kier molecular flexibility index (Phi) is 7.91. The molecule has 2 aromatic rings. The van der Waals surface area contributed by atoms with Crippen LogP contribution < -0.4 is 0 Å². The smallest absolute Gasteiger partial charge is 0.275 e. The van der Waals surface area contributed by atoms with Crippen LogP contribution in [0, 0.1) is 6.92 Å². The molecule has 0 unspecified atom stereocenters. The fourth-order valence-corrected chi connectivity index (χ4v) is 4.19. The van der Waals surface area contributed by atoms with Crippen molar-refractivity contribution >= 4 is 5.91 Å². The van der Waals surface area contributed by atoms with Crippen LogP contribution >= 0.6 is 0 Å². The van der Waals surface area contributed by atoms with E-state index in [4.69, 9.17) is 9.15 Å². The van der Waals surface area contributed by atoms with Crippen molar-refractivity contribution in [3.05, 3.63) is 53.2 Å². The zero-order chi connectivity index (χ0) is 22.3. The summed E-state index contributed by atoms with van der Waals surface area (Å²) in [5.74, 6) is 0.560. The van der Waals surface area contributed by atoms with E-state index in [1.54, 1.807) is 0 Å². The van der Waals surface area contributed by atoms with Gasteiger partial charge >= 0.3 is 0 Å². The minimum absolute atomic E-state index is 0.0353. The van der Waals surface area contributed by atoms with Crippen LogP contribution in [0.3, 0.4) is 0 Å². The molecule has 0 saturated carbocycles. The highest BCUT2D eigenvalue weighted by atomic mass is 16.5. The molecule has 8 heteroatoms. The van der Waals surface area contributed by atoms with Crippen LogP contribution in [0.5, 0.6) is 0 Å². The van der Waals surface area contributed by atoms with Gasteiger partial charge in [-0.1, -0.05) is 24.3 Å². The first kappa shape index (κ1) is 22.9. The lowest BCUT2D eigenvalue weighted by Crippen LogP contribution is -2.47. The number of amides is 1. The van der Waals surface area contributed by atoms with Gasteiger partial charge in [0.15, 0.2) is 5.69 Å². The SMILES string of the molecule is Cc1ccccc1CN(CCN1CCOCC1)Cc1nc(C(=O)N2CCN(C)CC2)co1. The lowest BCUT2D eigenvalue weighted by molar-refractivity contribution is 0.0320. The number of likely N-dealkylation sites (N-methyl/N-ethyl adjacent to an activating group) is 1. The lowest BCUT2D eigenvalue weighted by atomic mass is 10.1. The van der Waals surface area contributed by atoms with Gasteiger partial charge in [0.05, 0.1) is 19.8 Å². The van der Waals surface area contributed by atoms with E-state index in [1.165, 1.54) is 17.4 Å². The normalized spacial score (nSPS) is 18.4. The maximum absolute atomic E-state index is 12.8. The third-order valence-corrected chi connectivity index (χ3v) is 6.41. The maximum atomic E-state index is 12.8. The topological polar surface area (TPSA) is 65.3 Å². The van der Waals surface area contributed by atoms with Crippen LogP contribution in [0.4, 0.5) is 0 Å². The average molecular weight is 442 g/mol. The number of benzene rings is 1. The fourth-order valence-electron chi connectivity index (χ4n) is 4.19. The summed E-state index contributed by atoms with van der Waals surface area (Å²) in [6.07, 6.45) is 1.52. The minimum atomic E-state index is -0.0353. The van der Waals surface area contributed by atoms with Crippen molar-refractivity contribution in [2.24, 2.45) is 0 Å². The summed E-state index contributed by atoms with van der Waals surface area (Å²) < 4.78 is 11.2. The van der Waals surface area contributed by atoms with Crippen LogP contribution in [-0.4, -0.2) is 103 Å². The van der Waals surface area contributed by atoms with Gasteiger partial charge < -0.3 is 19.0 Å². The number of hydrogen-bond donors (Lipinski definition) is 0. The monoisotopic (exact) mass is 441 g/mol. The third-order valence-electron chi connectivity index (χ3n) is 6.41. The number of rotatable bonds is 8. The molecule has 3 heterocycles. The molecule has 32 heavy (non-hydrogen) atoms. The van der Waals surface area contributed by atoms with Crippen LogP contribution in [0.15, 0.2) is 34.9 Å². The molecule has 2 aliphatic heterocycles. The number of carbonyl (C=O) groups is 1. The molecule has 0 aliphatic carbocycles. The van der Waals surface area contributed by atoms with Gasteiger partial charge in [0.1, 0.15) is 6.26 Å². The van der Waals surface area contributed by atoms with Gasteiger partial charge in [-0.25, -0.2) is 4.98 Å². The molecule has 1 aromatic heterocycles. The van der Waals surface area contributed by atoms with E-state index in [9.17, 15) is 4.79 Å². The molecular formula is C24H35N5O3. The van der Waals surface area contributed by atoms with Crippen molar-refractivity contribution in [1.29, 1.82) is 0 Å². The Hall–Kier alpha value is -2.26. The first-order valence-corrected chi connectivity index (χ1v) is 11.6. The Balaban J connectivity index is 1.40. The van der Waals surface area contributed by atoms with E-state index in [2.05, 4.69) is 57.9 Å². The standard InChI is InChI=1S/C24H35N5O3/c1-20-5-3-4-6-21(20)17-28(10-9-27-13-15-31-16-14-27)18-23-25-22(19-32-23)24(30)29-11-7-26(2)8-12-29/h3-6,19H,7-18H2,1-2H3. The molecule has 1 aromatic carbocycles. The second kappa shape index (κ2) is 11.0. The number of oxazole rings is 1. The van der Waals surface area contributed by atoms with Crippen molar-refractivity contribution in [1.82, 2.24) is 24.6 Å². The molecule has 174 valence electrons. The summed E-state index contributed by atoms with van der Waals surface area (Å²) in [7, 11) is 2.08. The first-order chi connectivity index (χ1) is 15.6. The highest BCUT2D eigenvalue weighted by Crippen LogP contribution is 2.15. The Morgan fingerprint density at radius 2 is 1.81 bits per heavy atom. The van der Waals surface area contributed by atoms with Crippen LogP contribution in [-0.2, 0) is 17.8 Å². The lowest BCUT2D eigenvalue weighted by Gasteiger charge is -2.31. The summed E-state index contributed by atoms with van der Waals surface area (Å²) in [6, 6.07) is 8.48. The number of piperazine rings is 1. The Morgan fingerprint density at radius 3 is 2.56 bits per heavy atom. The molecular weight excluding hydrogens is 406 g/mol. The largest absolute Gasteiger partial charge is 0.447 e. The molecule has 1 amide bonds. The number of morpholine rings is 1. The minimum Gasteiger partial charge on any atom is -0.447 e. The van der Waals surface area contributed by atoms with Crippen molar-refractivity contribution in [2.75, 3.05) is 72.6 Å². The van der Waals surface area contributed by atoms with E-state index in [0.29, 0.717) is 18.1 Å². The summed E-state index contributed by atoms with van der Waals surface area (Å²) in [5.41, 5.74) is 2.99. The molecule has 0 N–H and O–H groups in total. The molecule has 4 rings (SSSR count). The maximum Gasteiger partial charge on any atom is 0.275 e. The van der Waals surface area contributed by atoms with E-state index in [-0.39, 0.29) is 5.91 Å². The summed E-state index contributed by atoms with van der Waals surface area (Å²) >= 11 is 0. The number of aromatic nitrogens is 1. The zero-order valence-electron chi connectivity index (χ0n) is 19.3. The predicted molar refractivity (Wildman–Crippen MR) is 122 cm³/mol. The van der Waals surface area contributed by atoms with E-state index >= 15 is 0 Å². The van der Waals surface area contributed by atoms with Gasteiger partial charge in [-0.15, -0.1) is 0 Å². The third kappa shape index (κ3) is 6.16. The van der Waals surface area contributed by atoms with Crippen LogP contribution in [0.1, 0.15) is 27.5 Å². The summed E-state index contributed by atoms with van der Waals surface area (Å²) in [4.78, 5) is 26.3. The van der Waals surface area contributed by atoms with Crippen LogP contribution in [0.2, 0.25) is 0 Å². The van der Waals surface area contributed by atoms with Gasteiger partial charge in [-0.3, -0.25) is 14.6 Å². The van der Waals surface area contributed by atoms with Crippen molar-refractivity contribution in [3.63, 3.8) is 0 Å². The van der Waals surface area contributed by atoms with Gasteiger partial charge in [0, 0.05) is 58.9 Å². The van der Waals surface area contributed by atoms with Crippen LogP contribution in [0.25, 0.3) is 0 Å². The Bertz CT molecular complexity index is 872. The number of ether oxygens (including phenoxy) is 1. The molecule has 0 atom stereocenters. The molecule has 8 nitrogen and oxygen atoms in total. The molecule has 2 aliphatic rings. The van der Waals surface area contributed by atoms with Gasteiger partial charge in [0.25, 0.3) is 5.91 Å².